The Morgan fingerprint density at radius 2 is 2.17 bits per heavy atom. The third-order valence-electron chi connectivity index (χ3n) is 1.59. The minimum Gasteiger partial charge on any atom is -0.189 e. The van der Waals surface area contributed by atoms with Gasteiger partial charge in [-0.1, -0.05) is 18.9 Å². The Morgan fingerprint density at radius 1 is 1.50 bits per heavy atom. The van der Waals surface area contributed by atoms with Gasteiger partial charge in [-0.05, 0) is 5.56 Å². The summed E-state index contributed by atoms with van der Waals surface area (Å²) < 4.78 is 0. The minimum absolute atomic E-state index is 0. The fourth-order valence-corrected chi connectivity index (χ4v) is 0.902. The molecular formula is C11H9Y+2. The number of rotatable bonds is 1. The standard InChI is InChI=1S/C11H9.Y/c1-4-10-7-6-9(3)11(5-2)8-10;/h1,6-8H,2H2,3H3;/q-1;+3. The third-order valence-corrected chi connectivity index (χ3v) is 1.59. The van der Waals surface area contributed by atoms with Gasteiger partial charge in [0.1, 0.15) is 0 Å². The van der Waals surface area contributed by atoms with Crippen LogP contribution in [0.2, 0.25) is 0 Å². The molecule has 0 amide bonds. The molecule has 0 fully saturated rings. The van der Waals surface area contributed by atoms with E-state index in [1.54, 1.807) is 0 Å². The van der Waals surface area contributed by atoms with Crippen LogP contribution in [0, 0.1) is 25.3 Å². The van der Waals surface area contributed by atoms with Crippen molar-refractivity contribution in [3.05, 3.63) is 47.5 Å². The Hall–Kier alpha value is -0.376. The SMILES string of the molecule is C#Cc1ccc(C)c([C-]=C)c1.[Y+3]. The van der Waals surface area contributed by atoms with Gasteiger partial charge in [0, 0.05) is 0 Å². The number of hydrogen-bond acceptors (Lipinski definition) is 0. The van der Waals surface area contributed by atoms with Crippen molar-refractivity contribution in [2.45, 2.75) is 6.92 Å². The van der Waals surface area contributed by atoms with E-state index >= 15 is 0 Å². The smallest absolute Gasteiger partial charge is 0.189 e. The molecule has 0 N–H and O–H groups in total. The molecule has 0 spiro atoms. The third kappa shape index (κ3) is 2.59. The Bertz CT molecular complexity index is 318. The average molecular weight is 230 g/mol. The summed E-state index contributed by atoms with van der Waals surface area (Å²) in [4.78, 5) is 0. The normalized spacial score (nSPS) is 8.00. The molecule has 54 valence electrons. The Labute approximate surface area is 98.9 Å². The van der Waals surface area contributed by atoms with Crippen molar-refractivity contribution in [1.29, 1.82) is 0 Å². The molecule has 0 aliphatic carbocycles. The van der Waals surface area contributed by atoms with Crippen LogP contribution in [0.15, 0.2) is 24.8 Å². The zero-order chi connectivity index (χ0) is 8.27. The summed E-state index contributed by atoms with van der Waals surface area (Å²) >= 11 is 0. The van der Waals surface area contributed by atoms with E-state index in [-0.39, 0.29) is 32.7 Å². The van der Waals surface area contributed by atoms with Gasteiger partial charge in [0.05, 0.1) is 0 Å². The first-order valence-electron chi connectivity index (χ1n) is 3.38. The first-order valence-corrected chi connectivity index (χ1v) is 3.38. The molecule has 0 heterocycles. The second-order valence-corrected chi connectivity index (χ2v) is 2.35. The molecular weight excluding hydrogens is 221 g/mol. The van der Waals surface area contributed by atoms with Gasteiger partial charge in [0.2, 0.25) is 0 Å². The van der Waals surface area contributed by atoms with Crippen LogP contribution in [0.5, 0.6) is 0 Å². The largest absolute Gasteiger partial charge is 3.00 e. The molecule has 0 radical (unpaired) electrons. The molecule has 0 aliphatic rings. The molecule has 12 heavy (non-hydrogen) atoms. The zero-order valence-electron chi connectivity index (χ0n) is 7.09. The summed E-state index contributed by atoms with van der Waals surface area (Å²) in [5, 5.41) is 0. The molecule has 0 saturated carbocycles. The summed E-state index contributed by atoms with van der Waals surface area (Å²) in [5.74, 6) is 2.56. The van der Waals surface area contributed by atoms with Crippen LogP contribution in [0.1, 0.15) is 16.7 Å². The molecule has 0 saturated heterocycles. The van der Waals surface area contributed by atoms with Crippen molar-refractivity contribution < 1.29 is 32.7 Å². The van der Waals surface area contributed by atoms with Crippen LogP contribution in [0.3, 0.4) is 0 Å². The van der Waals surface area contributed by atoms with Gasteiger partial charge >= 0.3 is 32.7 Å². The maximum absolute atomic E-state index is 5.23. The van der Waals surface area contributed by atoms with Crippen molar-refractivity contribution in [3.63, 3.8) is 0 Å². The molecule has 0 aliphatic heterocycles. The van der Waals surface area contributed by atoms with E-state index < -0.39 is 0 Å². The summed E-state index contributed by atoms with van der Waals surface area (Å²) in [6, 6.07) is 5.79. The second-order valence-electron chi connectivity index (χ2n) is 2.35. The zero-order valence-corrected chi connectivity index (χ0v) is 9.93. The molecule has 1 rings (SSSR count). The fourth-order valence-electron chi connectivity index (χ4n) is 0.902. The maximum atomic E-state index is 5.23. The van der Waals surface area contributed by atoms with E-state index in [1.807, 2.05) is 25.1 Å². The minimum atomic E-state index is 0. The molecule has 0 bridgehead atoms. The van der Waals surface area contributed by atoms with Gasteiger partial charge in [-0.3, -0.25) is 0 Å². The summed E-state index contributed by atoms with van der Waals surface area (Å²) in [6.45, 7) is 5.58. The van der Waals surface area contributed by atoms with Gasteiger partial charge < -0.3 is 0 Å². The predicted octanol–water partition coefficient (Wildman–Crippen LogP) is 2.31. The summed E-state index contributed by atoms with van der Waals surface area (Å²) in [6.07, 6.45) is 8.05. The second kappa shape index (κ2) is 5.30. The van der Waals surface area contributed by atoms with Crippen LogP contribution in [-0.4, -0.2) is 0 Å². The van der Waals surface area contributed by atoms with Crippen LogP contribution < -0.4 is 0 Å². The summed E-state index contributed by atoms with van der Waals surface area (Å²) in [5.41, 5.74) is 3.02. The van der Waals surface area contributed by atoms with E-state index in [2.05, 4.69) is 18.6 Å². The maximum Gasteiger partial charge on any atom is 3.00 e. The van der Waals surface area contributed by atoms with E-state index in [9.17, 15) is 0 Å². The Kier molecular flexibility index (Phi) is 5.14. The fraction of sp³-hybridized carbons (Fsp3) is 0.0909. The van der Waals surface area contributed by atoms with Crippen LogP contribution in [-0.2, 0) is 32.7 Å². The topological polar surface area (TPSA) is 0 Å². The van der Waals surface area contributed by atoms with Crippen molar-refractivity contribution in [3.8, 4) is 12.3 Å². The van der Waals surface area contributed by atoms with Crippen molar-refractivity contribution in [2.24, 2.45) is 0 Å². The van der Waals surface area contributed by atoms with Crippen LogP contribution >= 0.6 is 0 Å². The van der Waals surface area contributed by atoms with Crippen molar-refractivity contribution in [2.75, 3.05) is 0 Å². The number of benzene rings is 1. The molecule has 0 aromatic heterocycles. The predicted molar refractivity (Wildman–Crippen MR) is 47.1 cm³/mol. The summed E-state index contributed by atoms with van der Waals surface area (Å²) in [7, 11) is 0. The Balaban J connectivity index is 0.00000121. The molecule has 0 atom stereocenters. The van der Waals surface area contributed by atoms with Crippen molar-refractivity contribution >= 4 is 0 Å². The number of terminal acetylenes is 1. The van der Waals surface area contributed by atoms with Crippen molar-refractivity contribution in [1.82, 2.24) is 0 Å². The quantitative estimate of drug-likeness (QED) is 0.513. The van der Waals surface area contributed by atoms with Gasteiger partial charge in [-0.2, -0.15) is 23.8 Å². The van der Waals surface area contributed by atoms with Gasteiger partial charge in [-0.15, -0.1) is 18.6 Å². The molecule has 0 nitrogen and oxygen atoms in total. The molecule has 1 heteroatoms. The number of aryl methyl sites for hydroxylation is 1. The van der Waals surface area contributed by atoms with E-state index in [4.69, 9.17) is 6.42 Å². The Morgan fingerprint density at radius 3 is 2.67 bits per heavy atom. The molecule has 1 aromatic carbocycles. The van der Waals surface area contributed by atoms with E-state index in [1.165, 1.54) is 0 Å². The average Bonchev–Trinajstić information content (AvgIpc) is 2.05. The molecule has 1 aromatic rings. The molecule has 0 unspecified atom stereocenters. The van der Waals surface area contributed by atoms with Gasteiger partial charge in [0.25, 0.3) is 0 Å². The first kappa shape index (κ1) is 11.6. The van der Waals surface area contributed by atoms with Crippen LogP contribution in [0.25, 0.3) is 0 Å². The first-order chi connectivity index (χ1) is 5.27. The van der Waals surface area contributed by atoms with Gasteiger partial charge in [0.15, 0.2) is 0 Å². The van der Waals surface area contributed by atoms with Gasteiger partial charge in [-0.25, -0.2) is 0 Å². The number of hydrogen-bond donors (Lipinski definition) is 0. The van der Waals surface area contributed by atoms with E-state index in [0.29, 0.717) is 0 Å². The van der Waals surface area contributed by atoms with Crippen LogP contribution in [0.4, 0.5) is 0 Å². The van der Waals surface area contributed by atoms with E-state index in [0.717, 1.165) is 16.7 Å². The monoisotopic (exact) mass is 230 g/mol.